The second-order valence-corrected chi connectivity index (χ2v) is 4.95. The predicted molar refractivity (Wildman–Crippen MR) is 79.1 cm³/mol. The molecule has 1 heterocycles. The molecule has 5 heteroatoms. The summed E-state index contributed by atoms with van der Waals surface area (Å²) in [6.07, 6.45) is 5.08. The average molecular weight is 283 g/mol. The third kappa shape index (κ3) is 2.86. The van der Waals surface area contributed by atoms with Gasteiger partial charge in [-0.2, -0.15) is 0 Å². The lowest BCUT2D eigenvalue weighted by atomic mass is 10.1. The first-order valence-corrected chi connectivity index (χ1v) is 7.11. The van der Waals surface area contributed by atoms with E-state index < -0.39 is 5.97 Å². The lowest BCUT2D eigenvalue weighted by molar-refractivity contribution is 0.0525. The van der Waals surface area contributed by atoms with Crippen molar-refractivity contribution in [3.8, 4) is 0 Å². The van der Waals surface area contributed by atoms with Gasteiger partial charge in [-0.1, -0.05) is 24.3 Å². The van der Waals surface area contributed by atoms with Crippen LogP contribution < -0.4 is 5.32 Å². The van der Waals surface area contributed by atoms with Crippen molar-refractivity contribution in [1.82, 2.24) is 9.97 Å². The molecule has 0 unspecified atom stereocenters. The molecule has 5 nitrogen and oxygen atoms in total. The van der Waals surface area contributed by atoms with Crippen LogP contribution in [0.1, 0.15) is 40.9 Å². The highest BCUT2D eigenvalue weighted by Crippen LogP contribution is 2.32. The lowest BCUT2D eigenvalue weighted by Crippen LogP contribution is -2.11. The van der Waals surface area contributed by atoms with Gasteiger partial charge in [0.1, 0.15) is 0 Å². The Bertz CT molecular complexity index is 640. The minimum atomic E-state index is -0.393. The fourth-order valence-electron chi connectivity index (χ4n) is 2.59. The number of aryl methyl sites for hydroxylation is 1. The van der Waals surface area contributed by atoms with Gasteiger partial charge in [0.05, 0.1) is 18.2 Å². The summed E-state index contributed by atoms with van der Waals surface area (Å²) >= 11 is 0. The van der Waals surface area contributed by atoms with Crippen molar-refractivity contribution in [2.75, 3.05) is 11.9 Å². The molecule has 2 aromatic rings. The number of aromatic nitrogens is 2. The van der Waals surface area contributed by atoms with Crippen molar-refractivity contribution in [1.29, 1.82) is 0 Å². The highest BCUT2D eigenvalue weighted by molar-refractivity contribution is 5.88. The number of carbonyl (C=O) groups is 1. The Morgan fingerprint density at radius 2 is 2.10 bits per heavy atom. The largest absolute Gasteiger partial charge is 0.462 e. The van der Waals surface area contributed by atoms with E-state index >= 15 is 0 Å². The maximum absolute atomic E-state index is 11.5. The monoisotopic (exact) mass is 283 g/mol. The maximum Gasteiger partial charge on any atom is 0.341 e. The number of nitrogens with one attached hydrogen (secondary N) is 1. The Morgan fingerprint density at radius 1 is 1.33 bits per heavy atom. The van der Waals surface area contributed by atoms with Gasteiger partial charge in [0.25, 0.3) is 0 Å². The molecule has 3 rings (SSSR count). The third-order valence-corrected chi connectivity index (χ3v) is 3.60. The summed E-state index contributed by atoms with van der Waals surface area (Å²) in [5, 5.41) is 3.32. The van der Waals surface area contributed by atoms with Crippen molar-refractivity contribution in [3.63, 3.8) is 0 Å². The van der Waals surface area contributed by atoms with Crippen LogP contribution in [0.25, 0.3) is 0 Å². The first kappa shape index (κ1) is 13.5. The third-order valence-electron chi connectivity index (χ3n) is 3.60. The van der Waals surface area contributed by atoms with Crippen LogP contribution in [0.5, 0.6) is 0 Å². The quantitative estimate of drug-likeness (QED) is 0.874. The van der Waals surface area contributed by atoms with E-state index in [1.807, 2.05) is 6.07 Å². The smallest absolute Gasteiger partial charge is 0.341 e. The van der Waals surface area contributed by atoms with E-state index in [9.17, 15) is 4.79 Å². The number of hydrogen-bond donors (Lipinski definition) is 1. The van der Waals surface area contributed by atoms with Gasteiger partial charge in [-0.25, -0.2) is 14.8 Å². The molecule has 1 aliphatic rings. The van der Waals surface area contributed by atoms with Crippen molar-refractivity contribution in [2.24, 2.45) is 0 Å². The molecule has 1 aromatic heterocycles. The molecule has 1 aliphatic carbocycles. The molecule has 1 aromatic carbocycles. The molecule has 0 bridgehead atoms. The topological polar surface area (TPSA) is 64.1 Å². The number of benzene rings is 1. The Kier molecular flexibility index (Phi) is 3.81. The Morgan fingerprint density at radius 3 is 2.86 bits per heavy atom. The van der Waals surface area contributed by atoms with Gasteiger partial charge in [0, 0.05) is 12.4 Å². The molecule has 0 amide bonds. The molecule has 0 spiro atoms. The summed E-state index contributed by atoms with van der Waals surface area (Å²) < 4.78 is 4.91. The average Bonchev–Trinajstić information content (AvgIpc) is 2.92. The molecular weight excluding hydrogens is 266 g/mol. The highest BCUT2D eigenvalue weighted by atomic mass is 16.5. The number of anilines is 1. The minimum absolute atomic E-state index is 0.231. The zero-order valence-corrected chi connectivity index (χ0v) is 11.9. The summed E-state index contributed by atoms with van der Waals surface area (Å²) in [7, 11) is 0. The summed E-state index contributed by atoms with van der Waals surface area (Å²) in [6.45, 7) is 2.11. The number of ether oxygens (including phenoxy) is 1. The summed E-state index contributed by atoms with van der Waals surface area (Å²) in [5.74, 6) is 0.139. The van der Waals surface area contributed by atoms with Gasteiger partial charge >= 0.3 is 5.97 Å². The molecule has 0 fully saturated rings. The van der Waals surface area contributed by atoms with Gasteiger partial charge in [-0.05, 0) is 30.9 Å². The zero-order chi connectivity index (χ0) is 14.7. The fraction of sp³-hybridized carbons (Fsp3) is 0.312. The molecule has 1 atom stereocenters. The molecule has 108 valence electrons. The Balaban J connectivity index is 1.71. The van der Waals surface area contributed by atoms with Crippen molar-refractivity contribution in [3.05, 3.63) is 53.3 Å². The van der Waals surface area contributed by atoms with Crippen LogP contribution in [-0.2, 0) is 11.2 Å². The summed E-state index contributed by atoms with van der Waals surface area (Å²) in [6, 6.07) is 8.62. The van der Waals surface area contributed by atoms with E-state index in [0.29, 0.717) is 18.1 Å². The molecular formula is C16H17N3O2. The second kappa shape index (κ2) is 5.91. The zero-order valence-electron chi connectivity index (χ0n) is 11.9. The predicted octanol–water partition coefficient (Wildman–Crippen LogP) is 2.75. The first-order valence-electron chi connectivity index (χ1n) is 7.11. The van der Waals surface area contributed by atoms with Crippen LogP contribution in [0.2, 0.25) is 0 Å². The van der Waals surface area contributed by atoms with Crippen molar-refractivity contribution < 1.29 is 9.53 Å². The Hall–Kier alpha value is -2.43. The lowest BCUT2D eigenvalue weighted by Gasteiger charge is -2.13. The van der Waals surface area contributed by atoms with E-state index in [1.165, 1.54) is 23.5 Å². The van der Waals surface area contributed by atoms with E-state index in [0.717, 1.165) is 12.8 Å². The standard InChI is InChI=1S/C16H17N3O2/c1-2-21-15(20)12-9-17-16(18-10-12)19-14-8-7-11-5-3-4-6-13(11)14/h3-6,9-10,14H,2,7-8H2,1H3,(H,17,18,19)/t14-/m1/s1. The minimum Gasteiger partial charge on any atom is -0.462 e. The maximum atomic E-state index is 11.5. The van der Waals surface area contributed by atoms with Crippen LogP contribution >= 0.6 is 0 Å². The van der Waals surface area contributed by atoms with E-state index in [2.05, 4.69) is 33.5 Å². The normalized spacial score (nSPS) is 16.3. The summed E-state index contributed by atoms with van der Waals surface area (Å²) in [5.41, 5.74) is 3.04. The molecule has 21 heavy (non-hydrogen) atoms. The van der Waals surface area contributed by atoms with Gasteiger partial charge in [-0.15, -0.1) is 0 Å². The number of rotatable bonds is 4. The van der Waals surface area contributed by atoms with Gasteiger partial charge in [0.15, 0.2) is 0 Å². The van der Waals surface area contributed by atoms with E-state index in [-0.39, 0.29) is 6.04 Å². The summed E-state index contributed by atoms with van der Waals surface area (Å²) in [4.78, 5) is 19.9. The number of fused-ring (bicyclic) bond motifs is 1. The van der Waals surface area contributed by atoms with Crippen LogP contribution in [0.15, 0.2) is 36.7 Å². The SMILES string of the molecule is CCOC(=O)c1cnc(N[C@@H]2CCc3ccccc32)nc1. The highest BCUT2D eigenvalue weighted by Gasteiger charge is 2.22. The van der Waals surface area contributed by atoms with Gasteiger partial charge in [-0.3, -0.25) is 0 Å². The molecule has 1 N–H and O–H groups in total. The molecule has 0 radical (unpaired) electrons. The number of esters is 1. The van der Waals surface area contributed by atoms with Crippen LogP contribution in [-0.4, -0.2) is 22.5 Å². The van der Waals surface area contributed by atoms with Crippen LogP contribution in [0.4, 0.5) is 5.95 Å². The first-order chi connectivity index (χ1) is 10.3. The van der Waals surface area contributed by atoms with Crippen molar-refractivity contribution in [2.45, 2.75) is 25.8 Å². The number of nitrogens with zero attached hydrogens (tertiary/aromatic N) is 2. The second-order valence-electron chi connectivity index (χ2n) is 4.95. The Labute approximate surface area is 123 Å². The van der Waals surface area contributed by atoms with E-state index in [4.69, 9.17) is 4.74 Å². The van der Waals surface area contributed by atoms with Crippen LogP contribution in [0, 0.1) is 0 Å². The van der Waals surface area contributed by atoms with E-state index in [1.54, 1.807) is 6.92 Å². The molecule has 0 saturated carbocycles. The van der Waals surface area contributed by atoms with Gasteiger partial charge < -0.3 is 10.1 Å². The van der Waals surface area contributed by atoms with Gasteiger partial charge in [0.2, 0.25) is 5.95 Å². The number of carbonyl (C=O) groups excluding carboxylic acids is 1. The fourth-order valence-corrected chi connectivity index (χ4v) is 2.59. The molecule has 0 saturated heterocycles. The molecule has 0 aliphatic heterocycles. The van der Waals surface area contributed by atoms with Crippen molar-refractivity contribution >= 4 is 11.9 Å². The van der Waals surface area contributed by atoms with Crippen LogP contribution in [0.3, 0.4) is 0 Å². The number of hydrogen-bond acceptors (Lipinski definition) is 5.